The van der Waals surface area contributed by atoms with Crippen LogP contribution in [0, 0.1) is 10.1 Å². The molecule has 0 aliphatic carbocycles. The van der Waals surface area contributed by atoms with E-state index in [4.69, 9.17) is 9.73 Å². The van der Waals surface area contributed by atoms with Crippen molar-refractivity contribution < 1.29 is 9.66 Å². The summed E-state index contributed by atoms with van der Waals surface area (Å²) in [5.41, 5.74) is 1.98. The molecule has 0 spiro atoms. The van der Waals surface area contributed by atoms with Crippen LogP contribution in [0.5, 0.6) is 0 Å². The van der Waals surface area contributed by atoms with Crippen molar-refractivity contribution >= 4 is 41.3 Å². The van der Waals surface area contributed by atoms with Crippen molar-refractivity contribution in [1.82, 2.24) is 20.0 Å². The molecule has 2 heterocycles. The first-order valence-electron chi connectivity index (χ1n) is 9.68. The van der Waals surface area contributed by atoms with E-state index in [1.807, 2.05) is 26.4 Å². The summed E-state index contributed by atoms with van der Waals surface area (Å²) in [5, 5.41) is 21.5. The molecule has 1 unspecified atom stereocenters. The second kappa shape index (κ2) is 11.7. The van der Waals surface area contributed by atoms with Crippen LogP contribution in [0.3, 0.4) is 0 Å². The Morgan fingerprint density at radius 1 is 1.40 bits per heavy atom. The molecule has 1 aromatic carbocycles. The standard InChI is InChI=1S/C19H27N7O3.HI/c1-3-20-19(22-9-8-21-16-4-6-17(7-5-16)26(27)28)25-10-11-29-18(14-25)15-12-23-24(2)13-15;/h4-7,12-13,18,21H,3,8-11,14H2,1-2H3,(H,20,22);1H. The molecule has 2 N–H and O–H groups in total. The fourth-order valence-electron chi connectivity index (χ4n) is 3.14. The number of aromatic nitrogens is 2. The number of halogens is 1. The third kappa shape index (κ3) is 6.55. The Kier molecular flexibility index (Phi) is 9.30. The lowest BCUT2D eigenvalue weighted by atomic mass is 10.1. The molecule has 0 radical (unpaired) electrons. The van der Waals surface area contributed by atoms with Crippen LogP contribution in [0.2, 0.25) is 0 Å². The minimum Gasteiger partial charge on any atom is -0.383 e. The zero-order valence-corrected chi connectivity index (χ0v) is 19.5. The molecule has 2 aromatic rings. The summed E-state index contributed by atoms with van der Waals surface area (Å²) in [7, 11) is 1.90. The van der Waals surface area contributed by atoms with Gasteiger partial charge in [-0.3, -0.25) is 19.8 Å². The maximum Gasteiger partial charge on any atom is 0.269 e. The molecule has 30 heavy (non-hydrogen) atoms. The third-order valence-electron chi connectivity index (χ3n) is 4.58. The minimum atomic E-state index is -0.405. The Morgan fingerprint density at radius 3 is 2.80 bits per heavy atom. The largest absolute Gasteiger partial charge is 0.383 e. The van der Waals surface area contributed by atoms with E-state index in [9.17, 15) is 10.1 Å². The Labute approximate surface area is 192 Å². The lowest BCUT2D eigenvalue weighted by Crippen LogP contribution is -2.48. The van der Waals surface area contributed by atoms with E-state index < -0.39 is 4.92 Å². The number of nitro groups is 1. The van der Waals surface area contributed by atoms with Gasteiger partial charge < -0.3 is 20.3 Å². The second-order valence-corrected chi connectivity index (χ2v) is 6.72. The summed E-state index contributed by atoms with van der Waals surface area (Å²) < 4.78 is 7.69. The van der Waals surface area contributed by atoms with Gasteiger partial charge in [0.15, 0.2) is 5.96 Å². The zero-order valence-electron chi connectivity index (χ0n) is 17.2. The summed E-state index contributed by atoms with van der Waals surface area (Å²) >= 11 is 0. The van der Waals surface area contributed by atoms with Gasteiger partial charge in [0.25, 0.3) is 5.69 Å². The molecule has 0 saturated carbocycles. The van der Waals surface area contributed by atoms with Gasteiger partial charge >= 0.3 is 0 Å². The van der Waals surface area contributed by atoms with Crippen molar-refractivity contribution in [2.45, 2.75) is 13.0 Å². The number of aryl methyl sites for hydroxylation is 1. The highest BCUT2D eigenvalue weighted by molar-refractivity contribution is 14.0. The Morgan fingerprint density at radius 2 is 2.17 bits per heavy atom. The van der Waals surface area contributed by atoms with Crippen molar-refractivity contribution in [2.75, 3.05) is 44.6 Å². The second-order valence-electron chi connectivity index (χ2n) is 6.72. The Balaban J connectivity index is 0.00000320. The van der Waals surface area contributed by atoms with Gasteiger partial charge in [-0.1, -0.05) is 0 Å². The lowest BCUT2D eigenvalue weighted by molar-refractivity contribution is -0.384. The molecular weight excluding hydrogens is 501 g/mol. The van der Waals surface area contributed by atoms with Crippen LogP contribution in [0.25, 0.3) is 0 Å². The first-order valence-corrected chi connectivity index (χ1v) is 9.68. The van der Waals surface area contributed by atoms with Gasteiger partial charge in [-0.15, -0.1) is 24.0 Å². The fraction of sp³-hybridized carbons (Fsp3) is 0.474. The predicted octanol–water partition coefficient (Wildman–Crippen LogP) is 2.40. The van der Waals surface area contributed by atoms with Gasteiger partial charge in [0.1, 0.15) is 6.10 Å². The number of aliphatic imine (C=N–C) groups is 1. The molecule has 3 rings (SSSR count). The Bertz CT molecular complexity index is 841. The van der Waals surface area contributed by atoms with E-state index in [0.717, 1.165) is 30.3 Å². The molecule has 1 atom stereocenters. The molecular formula is C19H28IN7O3. The SMILES string of the molecule is CCNC(=NCCNc1ccc([N+](=O)[O-])cc1)N1CCOC(c2cnn(C)c2)C1.I. The van der Waals surface area contributed by atoms with E-state index in [0.29, 0.717) is 26.2 Å². The molecule has 11 heteroatoms. The minimum absolute atomic E-state index is 0. The Hall–Kier alpha value is -2.41. The number of ether oxygens (including phenoxy) is 1. The predicted molar refractivity (Wildman–Crippen MR) is 126 cm³/mol. The maximum atomic E-state index is 10.7. The van der Waals surface area contributed by atoms with Crippen LogP contribution in [0.15, 0.2) is 41.7 Å². The van der Waals surface area contributed by atoms with E-state index in [-0.39, 0.29) is 35.8 Å². The summed E-state index contributed by atoms with van der Waals surface area (Å²) in [5.74, 6) is 0.857. The average molecular weight is 529 g/mol. The van der Waals surface area contributed by atoms with Gasteiger partial charge in [-0.2, -0.15) is 5.10 Å². The normalized spacial score (nSPS) is 16.7. The molecule has 0 amide bonds. The van der Waals surface area contributed by atoms with Crippen LogP contribution in [0.4, 0.5) is 11.4 Å². The van der Waals surface area contributed by atoms with E-state index >= 15 is 0 Å². The maximum absolute atomic E-state index is 10.7. The van der Waals surface area contributed by atoms with Crippen LogP contribution in [-0.4, -0.2) is 64.9 Å². The number of hydrogen-bond acceptors (Lipinski definition) is 6. The highest BCUT2D eigenvalue weighted by Gasteiger charge is 2.25. The number of nitrogens with one attached hydrogen (secondary N) is 2. The summed E-state index contributed by atoms with van der Waals surface area (Å²) in [4.78, 5) is 17.2. The molecule has 1 aliphatic rings. The lowest BCUT2D eigenvalue weighted by Gasteiger charge is -2.34. The summed E-state index contributed by atoms with van der Waals surface area (Å²) in [6.07, 6.45) is 3.79. The van der Waals surface area contributed by atoms with Crippen LogP contribution in [-0.2, 0) is 11.8 Å². The number of benzene rings is 1. The fourth-order valence-corrected chi connectivity index (χ4v) is 3.14. The number of guanidine groups is 1. The number of morpholine rings is 1. The number of rotatable bonds is 7. The van der Waals surface area contributed by atoms with Crippen LogP contribution in [0.1, 0.15) is 18.6 Å². The first-order chi connectivity index (χ1) is 14.1. The smallest absolute Gasteiger partial charge is 0.269 e. The van der Waals surface area contributed by atoms with Gasteiger partial charge in [-0.05, 0) is 19.1 Å². The molecule has 10 nitrogen and oxygen atoms in total. The van der Waals surface area contributed by atoms with Crippen molar-refractivity contribution in [3.63, 3.8) is 0 Å². The average Bonchev–Trinajstić information content (AvgIpc) is 3.17. The number of anilines is 1. The zero-order chi connectivity index (χ0) is 20.6. The van der Waals surface area contributed by atoms with Crippen molar-refractivity contribution in [2.24, 2.45) is 12.0 Å². The van der Waals surface area contributed by atoms with Gasteiger partial charge in [0.05, 0.1) is 30.8 Å². The number of non-ortho nitro benzene ring substituents is 1. The molecule has 1 saturated heterocycles. The van der Waals surface area contributed by atoms with Crippen molar-refractivity contribution in [3.05, 3.63) is 52.3 Å². The quantitative estimate of drug-likeness (QED) is 0.142. The van der Waals surface area contributed by atoms with Gasteiger partial charge in [-0.25, -0.2) is 0 Å². The summed E-state index contributed by atoms with van der Waals surface area (Å²) in [6.45, 7) is 6.15. The van der Waals surface area contributed by atoms with Gasteiger partial charge in [0.2, 0.25) is 0 Å². The first kappa shape index (κ1) is 23.9. The van der Waals surface area contributed by atoms with Crippen LogP contribution < -0.4 is 10.6 Å². The number of hydrogen-bond donors (Lipinski definition) is 2. The monoisotopic (exact) mass is 529 g/mol. The molecule has 164 valence electrons. The van der Waals surface area contributed by atoms with Crippen LogP contribution >= 0.6 is 24.0 Å². The summed E-state index contributed by atoms with van der Waals surface area (Å²) in [6, 6.07) is 6.38. The topological polar surface area (TPSA) is 110 Å². The van der Waals surface area contributed by atoms with Crippen molar-refractivity contribution in [3.8, 4) is 0 Å². The molecule has 1 aromatic heterocycles. The number of nitrogens with zero attached hydrogens (tertiary/aromatic N) is 5. The number of nitro benzene ring substituents is 1. The third-order valence-corrected chi connectivity index (χ3v) is 4.58. The van der Waals surface area contributed by atoms with Crippen molar-refractivity contribution in [1.29, 1.82) is 0 Å². The van der Waals surface area contributed by atoms with E-state index in [1.54, 1.807) is 16.8 Å². The highest BCUT2D eigenvalue weighted by atomic mass is 127. The molecule has 0 bridgehead atoms. The highest BCUT2D eigenvalue weighted by Crippen LogP contribution is 2.21. The van der Waals surface area contributed by atoms with Gasteiger partial charge in [0, 0.05) is 56.3 Å². The molecule has 1 fully saturated rings. The molecule has 1 aliphatic heterocycles. The van der Waals surface area contributed by atoms with E-state index in [2.05, 4.69) is 20.6 Å². The van der Waals surface area contributed by atoms with E-state index in [1.165, 1.54) is 12.1 Å².